The number of benzene rings is 1. The van der Waals surface area contributed by atoms with E-state index in [1.807, 2.05) is 12.1 Å². The van der Waals surface area contributed by atoms with Gasteiger partial charge in [0.15, 0.2) is 0 Å². The van der Waals surface area contributed by atoms with E-state index in [4.69, 9.17) is 4.74 Å². The lowest BCUT2D eigenvalue weighted by Gasteiger charge is -2.26. The molecule has 1 aliphatic rings. The number of hydrogen-bond donors (Lipinski definition) is 1. The molecule has 1 unspecified atom stereocenters. The number of likely N-dealkylation sites (tertiary alicyclic amines) is 1. The second-order valence-electron chi connectivity index (χ2n) is 5.70. The van der Waals surface area contributed by atoms with Crippen molar-refractivity contribution in [3.05, 3.63) is 29.3 Å². The second-order valence-corrected chi connectivity index (χ2v) is 5.70. The molecule has 0 amide bonds. The summed E-state index contributed by atoms with van der Waals surface area (Å²) in [5.74, 6) is 0.915. The molecule has 1 heterocycles. The van der Waals surface area contributed by atoms with Crippen LogP contribution >= 0.6 is 0 Å². The van der Waals surface area contributed by atoms with Gasteiger partial charge in [-0.15, -0.1) is 0 Å². The van der Waals surface area contributed by atoms with Crippen molar-refractivity contribution in [1.82, 2.24) is 9.80 Å². The number of ether oxygens (including phenoxy) is 1. The van der Waals surface area contributed by atoms with Crippen LogP contribution < -0.4 is 4.74 Å². The minimum Gasteiger partial charge on any atom is -0.496 e. The molecule has 4 heteroatoms. The Hall–Kier alpha value is -1.10. The Labute approximate surface area is 128 Å². The van der Waals surface area contributed by atoms with Crippen molar-refractivity contribution in [3.8, 4) is 5.75 Å². The van der Waals surface area contributed by atoms with Crippen molar-refractivity contribution >= 4 is 0 Å². The molecule has 2 rings (SSSR count). The minimum atomic E-state index is 0.0824. The Bertz CT molecular complexity index is 446. The summed E-state index contributed by atoms with van der Waals surface area (Å²) in [5, 5.41) is 9.30. The summed E-state index contributed by atoms with van der Waals surface area (Å²) >= 11 is 0. The number of rotatable bonds is 7. The fourth-order valence-electron chi connectivity index (χ4n) is 3.29. The van der Waals surface area contributed by atoms with Crippen molar-refractivity contribution in [2.45, 2.75) is 39.5 Å². The van der Waals surface area contributed by atoms with Crippen LogP contribution in [0.1, 0.15) is 31.4 Å². The average Bonchev–Trinajstić information content (AvgIpc) is 2.97. The molecule has 1 N–H and O–H groups in total. The van der Waals surface area contributed by atoms with E-state index in [1.165, 1.54) is 12.0 Å². The van der Waals surface area contributed by atoms with E-state index < -0.39 is 0 Å². The predicted molar refractivity (Wildman–Crippen MR) is 85.5 cm³/mol. The highest BCUT2D eigenvalue weighted by atomic mass is 16.5. The van der Waals surface area contributed by atoms with E-state index in [1.54, 1.807) is 7.11 Å². The Kier molecular flexibility index (Phi) is 6.03. The molecule has 1 saturated heterocycles. The highest BCUT2D eigenvalue weighted by Crippen LogP contribution is 2.24. The molecule has 1 aromatic rings. The molecule has 0 spiro atoms. The molecule has 1 fully saturated rings. The van der Waals surface area contributed by atoms with Crippen LogP contribution in [0.2, 0.25) is 0 Å². The molecule has 21 heavy (non-hydrogen) atoms. The van der Waals surface area contributed by atoms with E-state index in [0.717, 1.165) is 44.0 Å². The molecular weight excluding hydrogens is 264 g/mol. The molecule has 1 aliphatic heterocycles. The van der Waals surface area contributed by atoms with Crippen molar-refractivity contribution in [3.63, 3.8) is 0 Å². The lowest BCUT2D eigenvalue weighted by molar-refractivity contribution is 0.208. The van der Waals surface area contributed by atoms with Gasteiger partial charge in [0.1, 0.15) is 5.75 Å². The normalized spacial score (nSPS) is 19.4. The van der Waals surface area contributed by atoms with Crippen LogP contribution in [0.4, 0.5) is 0 Å². The molecule has 0 radical (unpaired) electrons. The summed E-state index contributed by atoms with van der Waals surface area (Å²) in [6, 6.07) is 6.61. The van der Waals surface area contributed by atoms with Gasteiger partial charge in [0.25, 0.3) is 0 Å². The van der Waals surface area contributed by atoms with Crippen LogP contribution in [0, 0.1) is 0 Å². The Balaban J connectivity index is 2.02. The van der Waals surface area contributed by atoms with Gasteiger partial charge in [-0.25, -0.2) is 0 Å². The van der Waals surface area contributed by atoms with Crippen molar-refractivity contribution in [2.75, 3.05) is 33.3 Å². The number of methoxy groups -OCH3 is 1. The van der Waals surface area contributed by atoms with Gasteiger partial charge in [-0.05, 0) is 37.2 Å². The zero-order valence-corrected chi connectivity index (χ0v) is 13.5. The summed E-state index contributed by atoms with van der Waals surface area (Å²) in [7, 11) is 1.71. The van der Waals surface area contributed by atoms with Crippen LogP contribution in [0.3, 0.4) is 0 Å². The molecule has 0 saturated carbocycles. The number of likely N-dealkylation sites (N-methyl/N-ethyl adjacent to an activating group) is 1. The summed E-state index contributed by atoms with van der Waals surface area (Å²) in [5.41, 5.74) is 2.12. The van der Waals surface area contributed by atoms with Crippen molar-refractivity contribution < 1.29 is 9.84 Å². The highest BCUT2D eigenvalue weighted by molar-refractivity contribution is 5.37. The van der Waals surface area contributed by atoms with Gasteiger partial charge in [-0.3, -0.25) is 9.80 Å². The highest BCUT2D eigenvalue weighted by Gasteiger charge is 2.26. The lowest BCUT2D eigenvalue weighted by Crippen LogP contribution is -2.37. The fraction of sp³-hybridized carbons (Fsp3) is 0.647. The fourth-order valence-corrected chi connectivity index (χ4v) is 3.29. The molecule has 0 aromatic heterocycles. The largest absolute Gasteiger partial charge is 0.496 e. The first-order valence-corrected chi connectivity index (χ1v) is 7.94. The number of aliphatic hydroxyl groups is 1. The monoisotopic (exact) mass is 292 g/mol. The van der Waals surface area contributed by atoms with Crippen LogP contribution in [0.15, 0.2) is 18.2 Å². The first-order valence-electron chi connectivity index (χ1n) is 7.94. The Morgan fingerprint density at radius 2 is 2.10 bits per heavy atom. The van der Waals surface area contributed by atoms with Gasteiger partial charge in [-0.2, -0.15) is 0 Å². The van der Waals surface area contributed by atoms with Gasteiger partial charge in [0, 0.05) is 31.2 Å². The zero-order valence-electron chi connectivity index (χ0n) is 13.5. The van der Waals surface area contributed by atoms with Crippen molar-refractivity contribution in [2.24, 2.45) is 0 Å². The molecule has 1 aromatic carbocycles. The van der Waals surface area contributed by atoms with Crippen LogP contribution in [-0.4, -0.2) is 54.2 Å². The number of hydrogen-bond acceptors (Lipinski definition) is 4. The third-order valence-corrected chi connectivity index (χ3v) is 4.50. The van der Waals surface area contributed by atoms with E-state index >= 15 is 0 Å². The summed E-state index contributed by atoms with van der Waals surface area (Å²) in [6.07, 6.45) is 1.24. The topological polar surface area (TPSA) is 35.9 Å². The number of nitrogens with zero attached hydrogens (tertiary/aromatic N) is 2. The van der Waals surface area contributed by atoms with Crippen LogP contribution in [-0.2, 0) is 13.2 Å². The molecule has 4 nitrogen and oxygen atoms in total. The molecule has 0 bridgehead atoms. The maximum Gasteiger partial charge on any atom is 0.123 e. The standard InChI is InChI=1S/C17H28N2O2/c1-4-19(5-2)16-8-9-18(12-16)11-15-10-14(13-20)6-7-17(15)21-3/h6-7,10,16,20H,4-5,8-9,11-13H2,1-3H3. The zero-order chi connectivity index (χ0) is 15.2. The molecule has 0 aliphatic carbocycles. The third-order valence-electron chi connectivity index (χ3n) is 4.50. The first-order chi connectivity index (χ1) is 10.2. The Morgan fingerprint density at radius 3 is 2.71 bits per heavy atom. The summed E-state index contributed by atoms with van der Waals surface area (Å²) in [4.78, 5) is 5.03. The average molecular weight is 292 g/mol. The van der Waals surface area contributed by atoms with E-state index in [9.17, 15) is 5.11 Å². The summed E-state index contributed by atoms with van der Waals surface area (Å²) in [6.45, 7) is 9.95. The van der Waals surface area contributed by atoms with E-state index in [2.05, 4.69) is 29.7 Å². The third kappa shape index (κ3) is 3.96. The molecular formula is C17H28N2O2. The minimum absolute atomic E-state index is 0.0824. The predicted octanol–water partition coefficient (Wildman–Crippen LogP) is 2.10. The van der Waals surface area contributed by atoms with E-state index in [-0.39, 0.29) is 6.61 Å². The van der Waals surface area contributed by atoms with Gasteiger partial charge >= 0.3 is 0 Å². The van der Waals surface area contributed by atoms with Gasteiger partial charge in [0.2, 0.25) is 0 Å². The van der Waals surface area contributed by atoms with Gasteiger partial charge < -0.3 is 9.84 Å². The molecule has 118 valence electrons. The summed E-state index contributed by atoms with van der Waals surface area (Å²) < 4.78 is 5.45. The van der Waals surface area contributed by atoms with Gasteiger partial charge in [0.05, 0.1) is 13.7 Å². The second kappa shape index (κ2) is 7.78. The molecule has 1 atom stereocenters. The Morgan fingerprint density at radius 1 is 1.33 bits per heavy atom. The quantitative estimate of drug-likeness (QED) is 0.835. The van der Waals surface area contributed by atoms with Crippen LogP contribution in [0.25, 0.3) is 0 Å². The smallest absolute Gasteiger partial charge is 0.123 e. The SMILES string of the molecule is CCN(CC)C1CCN(Cc2cc(CO)ccc2OC)C1. The van der Waals surface area contributed by atoms with Crippen LogP contribution in [0.5, 0.6) is 5.75 Å². The first kappa shape index (κ1) is 16.3. The number of aliphatic hydroxyl groups excluding tert-OH is 1. The van der Waals surface area contributed by atoms with E-state index in [0.29, 0.717) is 6.04 Å². The van der Waals surface area contributed by atoms with Crippen molar-refractivity contribution in [1.29, 1.82) is 0 Å². The van der Waals surface area contributed by atoms with Gasteiger partial charge in [-0.1, -0.05) is 19.9 Å². The maximum atomic E-state index is 9.30. The lowest BCUT2D eigenvalue weighted by atomic mass is 10.1. The maximum absolute atomic E-state index is 9.30.